The smallest absolute Gasteiger partial charge is 0.319 e. The average molecular weight is 302 g/mol. The van der Waals surface area contributed by atoms with Gasteiger partial charge in [-0.3, -0.25) is 9.59 Å². The highest BCUT2D eigenvalue weighted by Crippen LogP contribution is 2.22. The first-order valence-corrected chi connectivity index (χ1v) is 7.28. The molecule has 2 aliphatic rings. The summed E-state index contributed by atoms with van der Waals surface area (Å²) in [4.78, 5) is 37.5. The van der Waals surface area contributed by atoms with E-state index in [1.807, 2.05) is 18.2 Å². The number of carbonyl (C=O) groups excluding carboxylic acids is 3. The van der Waals surface area contributed by atoms with Crippen LogP contribution in [-0.2, 0) is 9.59 Å². The van der Waals surface area contributed by atoms with Crippen LogP contribution in [0.4, 0.5) is 10.5 Å². The van der Waals surface area contributed by atoms with Crippen LogP contribution >= 0.6 is 0 Å². The van der Waals surface area contributed by atoms with Gasteiger partial charge in [-0.25, -0.2) is 4.79 Å². The maximum absolute atomic E-state index is 12.1. The SMILES string of the molecule is C[C@H]1NC(=O)[C@@H]2C[C@H](NC(=O)Nc3ccccc3)CN2C1=O. The molecule has 7 heteroatoms. The molecule has 0 aromatic heterocycles. The molecule has 7 nitrogen and oxygen atoms in total. The molecule has 2 heterocycles. The fourth-order valence-corrected chi connectivity index (χ4v) is 2.93. The van der Waals surface area contributed by atoms with E-state index in [4.69, 9.17) is 0 Å². The van der Waals surface area contributed by atoms with Crippen LogP contribution in [0.3, 0.4) is 0 Å². The molecule has 3 rings (SSSR count). The van der Waals surface area contributed by atoms with Gasteiger partial charge in [0.15, 0.2) is 0 Å². The largest absolute Gasteiger partial charge is 0.343 e. The summed E-state index contributed by atoms with van der Waals surface area (Å²) < 4.78 is 0. The molecule has 3 atom stereocenters. The highest BCUT2D eigenvalue weighted by molar-refractivity contribution is 5.97. The van der Waals surface area contributed by atoms with Crippen LogP contribution in [0.15, 0.2) is 30.3 Å². The highest BCUT2D eigenvalue weighted by atomic mass is 16.2. The lowest BCUT2D eigenvalue weighted by molar-refractivity contribution is -0.146. The van der Waals surface area contributed by atoms with Gasteiger partial charge < -0.3 is 20.9 Å². The van der Waals surface area contributed by atoms with Crippen molar-refractivity contribution in [2.24, 2.45) is 0 Å². The molecular weight excluding hydrogens is 284 g/mol. The topological polar surface area (TPSA) is 90.5 Å². The summed E-state index contributed by atoms with van der Waals surface area (Å²) >= 11 is 0. The van der Waals surface area contributed by atoms with Crippen molar-refractivity contribution in [1.82, 2.24) is 15.5 Å². The molecular formula is C15H18N4O3. The van der Waals surface area contributed by atoms with Gasteiger partial charge in [0.2, 0.25) is 11.8 Å². The predicted molar refractivity (Wildman–Crippen MR) is 80.1 cm³/mol. The van der Waals surface area contributed by atoms with Crippen LogP contribution in [0.25, 0.3) is 0 Å². The lowest BCUT2D eigenvalue weighted by Crippen LogP contribution is -2.60. The molecule has 116 valence electrons. The Kier molecular flexibility index (Phi) is 3.70. The number of benzene rings is 1. The standard InChI is InChI=1S/C15H18N4O3/c1-9-14(21)19-8-11(7-12(19)13(20)16-9)18-15(22)17-10-5-3-2-4-6-10/h2-6,9,11-12H,7-8H2,1H3,(H,16,20)(H2,17,18,22)/t9-,11+,12+/m1/s1. The number of nitrogens with one attached hydrogen (secondary N) is 3. The Morgan fingerprint density at radius 2 is 2.00 bits per heavy atom. The van der Waals surface area contributed by atoms with E-state index in [1.165, 1.54) is 0 Å². The monoisotopic (exact) mass is 302 g/mol. The number of nitrogens with zero attached hydrogens (tertiary/aromatic N) is 1. The van der Waals surface area contributed by atoms with Gasteiger partial charge in [0.1, 0.15) is 12.1 Å². The van der Waals surface area contributed by atoms with Crippen molar-refractivity contribution < 1.29 is 14.4 Å². The molecule has 4 amide bonds. The van der Waals surface area contributed by atoms with Crippen molar-refractivity contribution >= 4 is 23.5 Å². The Bertz CT molecular complexity index is 604. The van der Waals surface area contributed by atoms with Gasteiger partial charge in [-0.1, -0.05) is 18.2 Å². The number of piperazine rings is 1. The van der Waals surface area contributed by atoms with Crippen molar-refractivity contribution in [2.75, 3.05) is 11.9 Å². The van der Waals surface area contributed by atoms with E-state index < -0.39 is 12.1 Å². The molecule has 1 aromatic rings. The Labute approximate surface area is 128 Å². The van der Waals surface area contributed by atoms with Crippen LogP contribution in [0.1, 0.15) is 13.3 Å². The fraction of sp³-hybridized carbons (Fsp3) is 0.400. The third-order valence-electron chi connectivity index (χ3n) is 3.98. The van der Waals surface area contributed by atoms with E-state index >= 15 is 0 Å². The minimum absolute atomic E-state index is 0.0997. The molecule has 0 unspecified atom stereocenters. The molecule has 0 bridgehead atoms. The number of hydrogen-bond acceptors (Lipinski definition) is 3. The second-order valence-corrected chi connectivity index (χ2v) is 5.63. The molecule has 1 aromatic carbocycles. The van der Waals surface area contributed by atoms with Gasteiger partial charge in [-0.15, -0.1) is 0 Å². The summed E-state index contributed by atoms with van der Waals surface area (Å²) in [7, 11) is 0. The molecule has 0 aliphatic carbocycles. The van der Waals surface area contributed by atoms with E-state index in [1.54, 1.807) is 24.0 Å². The normalized spacial score (nSPS) is 27.1. The van der Waals surface area contributed by atoms with E-state index in [-0.39, 0.29) is 23.9 Å². The molecule has 2 fully saturated rings. The number of amides is 4. The van der Waals surface area contributed by atoms with Crippen LogP contribution < -0.4 is 16.0 Å². The third-order valence-corrected chi connectivity index (χ3v) is 3.98. The van der Waals surface area contributed by atoms with Crippen LogP contribution in [0.5, 0.6) is 0 Å². The maximum atomic E-state index is 12.1. The summed E-state index contributed by atoms with van der Waals surface area (Å²) in [6.07, 6.45) is 0.437. The average Bonchev–Trinajstić information content (AvgIpc) is 2.90. The summed E-state index contributed by atoms with van der Waals surface area (Å²) in [6.45, 7) is 2.03. The quantitative estimate of drug-likeness (QED) is 0.733. The number of hydrogen-bond donors (Lipinski definition) is 3. The Balaban J connectivity index is 1.60. The van der Waals surface area contributed by atoms with E-state index in [0.717, 1.165) is 0 Å². The zero-order valence-electron chi connectivity index (χ0n) is 12.2. The second kappa shape index (κ2) is 5.67. The number of anilines is 1. The van der Waals surface area contributed by atoms with Gasteiger partial charge in [0.25, 0.3) is 0 Å². The molecule has 3 N–H and O–H groups in total. The summed E-state index contributed by atoms with van der Waals surface area (Å²) in [6, 6.07) is 7.55. The molecule has 2 aliphatic heterocycles. The zero-order valence-corrected chi connectivity index (χ0v) is 12.2. The number of carbonyl (C=O) groups is 3. The Morgan fingerprint density at radius 1 is 1.27 bits per heavy atom. The summed E-state index contributed by atoms with van der Waals surface area (Å²) in [5.74, 6) is -0.253. The Morgan fingerprint density at radius 3 is 2.73 bits per heavy atom. The first-order chi connectivity index (χ1) is 10.5. The maximum Gasteiger partial charge on any atom is 0.319 e. The third kappa shape index (κ3) is 2.74. The summed E-state index contributed by atoms with van der Waals surface area (Å²) in [5.41, 5.74) is 0.693. The molecule has 0 radical (unpaired) electrons. The molecule has 0 spiro atoms. The molecule has 0 saturated carbocycles. The highest BCUT2D eigenvalue weighted by Gasteiger charge is 2.45. The van der Waals surface area contributed by atoms with Gasteiger partial charge in [0, 0.05) is 12.2 Å². The van der Waals surface area contributed by atoms with E-state index in [2.05, 4.69) is 16.0 Å². The zero-order chi connectivity index (χ0) is 15.7. The van der Waals surface area contributed by atoms with Crippen molar-refractivity contribution in [3.8, 4) is 0 Å². The van der Waals surface area contributed by atoms with Crippen molar-refractivity contribution in [3.05, 3.63) is 30.3 Å². The van der Waals surface area contributed by atoms with Gasteiger partial charge in [0.05, 0.1) is 6.04 Å². The number of para-hydroxylation sites is 1. The van der Waals surface area contributed by atoms with Crippen molar-refractivity contribution in [2.45, 2.75) is 31.5 Å². The number of rotatable bonds is 2. The predicted octanol–water partition coefficient (Wildman–Crippen LogP) is 0.296. The minimum Gasteiger partial charge on any atom is -0.343 e. The van der Waals surface area contributed by atoms with Crippen molar-refractivity contribution in [3.63, 3.8) is 0 Å². The van der Waals surface area contributed by atoms with Crippen molar-refractivity contribution in [1.29, 1.82) is 0 Å². The Hall–Kier alpha value is -2.57. The number of urea groups is 1. The van der Waals surface area contributed by atoms with Crippen LogP contribution in [0.2, 0.25) is 0 Å². The van der Waals surface area contributed by atoms with Gasteiger partial charge >= 0.3 is 6.03 Å². The van der Waals surface area contributed by atoms with Gasteiger partial charge in [-0.2, -0.15) is 0 Å². The lowest BCUT2D eigenvalue weighted by atomic mass is 10.1. The molecule has 2 saturated heterocycles. The van der Waals surface area contributed by atoms with Gasteiger partial charge in [-0.05, 0) is 25.5 Å². The first-order valence-electron chi connectivity index (χ1n) is 7.28. The minimum atomic E-state index is -0.499. The van der Waals surface area contributed by atoms with Crippen LogP contribution in [-0.4, -0.2) is 47.4 Å². The fourth-order valence-electron chi connectivity index (χ4n) is 2.93. The van der Waals surface area contributed by atoms with Crippen LogP contribution in [0, 0.1) is 0 Å². The number of fused-ring (bicyclic) bond motifs is 1. The molecule has 22 heavy (non-hydrogen) atoms. The second-order valence-electron chi connectivity index (χ2n) is 5.63. The van der Waals surface area contributed by atoms with E-state index in [0.29, 0.717) is 18.7 Å². The summed E-state index contributed by atoms with van der Waals surface area (Å²) in [5, 5.41) is 8.20. The lowest BCUT2D eigenvalue weighted by Gasteiger charge is -2.32. The first kappa shape index (κ1) is 14.4. The van der Waals surface area contributed by atoms with E-state index in [9.17, 15) is 14.4 Å².